The molecule has 0 bridgehead atoms. The van der Waals surface area contributed by atoms with Crippen molar-refractivity contribution in [2.45, 2.75) is 6.54 Å². The molecule has 0 amide bonds. The van der Waals surface area contributed by atoms with E-state index in [1.807, 2.05) is 6.07 Å². The highest BCUT2D eigenvalue weighted by molar-refractivity contribution is 5.89. The Labute approximate surface area is 128 Å². The van der Waals surface area contributed by atoms with Crippen molar-refractivity contribution in [3.8, 4) is 11.3 Å². The fraction of sp³-hybridized carbons (Fsp3) is 0.125. The van der Waals surface area contributed by atoms with E-state index in [2.05, 4.69) is 47.2 Å². The Morgan fingerprint density at radius 3 is 2.09 bits per heavy atom. The van der Waals surface area contributed by atoms with Crippen molar-refractivity contribution in [3.05, 3.63) is 60.8 Å². The quantitative estimate of drug-likeness (QED) is 0.731. The Morgan fingerprint density at radius 2 is 1.59 bits per heavy atom. The average Bonchev–Trinajstić information content (AvgIpc) is 2.95. The predicted octanol–water partition coefficient (Wildman–Crippen LogP) is 1.83. The topological polar surface area (TPSA) is 106 Å². The van der Waals surface area contributed by atoms with E-state index in [4.69, 9.17) is 15.9 Å². The van der Waals surface area contributed by atoms with E-state index < -0.39 is 11.9 Å². The van der Waals surface area contributed by atoms with E-state index in [9.17, 15) is 9.59 Å². The lowest BCUT2D eigenvalue weighted by Gasteiger charge is -2.07. The molecule has 0 fully saturated rings. The summed E-state index contributed by atoms with van der Waals surface area (Å²) in [5.74, 6) is -2.51. The molecule has 6 heteroatoms. The first-order chi connectivity index (χ1) is 10.5. The second-order valence-electron chi connectivity index (χ2n) is 4.25. The minimum absolute atomic E-state index is 0.558. The van der Waals surface area contributed by atoms with E-state index in [0.717, 1.165) is 6.54 Å². The molecule has 0 spiro atoms. The van der Waals surface area contributed by atoms with Crippen LogP contribution in [0.4, 0.5) is 0 Å². The second-order valence-corrected chi connectivity index (χ2v) is 4.25. The Hall–Kier alpha value is -2.86. The van der Waals surface area contributed by atoms with Crippen LogP contribution in [0.3, 0.4) is 0 Å². The lowest BCUT2D eigenvalue weighted by Crippen LogP contribution is -2.09. The molecule has 116 valence electrons. The Balaban J connectivity index is 0.000000261. The number of aromatic nitrogens is 1. The first-order valence-corrected chi connectivity index (χ1v) is 6.59. The molecule has 0 atom stereocenters. The second kappa shape index (κ2) is 9.15. The van der Waals surface area contributed by atoms with E-state index in [1.54, 1.807) is 0 Å². The van der Waals surface area contributed by atoms with Gasteiger partial charge in [-0.2, -0.15) is 0 Å². The van der Waals surface area contributed by atoms with Crippen molar-refractivity contribution in [1.29, 1.82) is 0 Å². The van der Waals surface area contributed by atoms with E-state index in [1.165, 1.54) is 11.3 Å². The van der Waals surface area contributed by atoms with Gasteiger partial charge in [-0.1, -0.05) is 30.3 Å². The number of hydrogen-bond acceptors (Lipinski definition) is 3. The first kappa shape index (κ1) is 17.2. The number of nitrogens with two attached hydrogens (primary N) is 1. The number of carbonyl (C=O) groups is 2. The molecule has 1 heterocycles. The van der Waals surface area contributed by atoms with Gasteiger partial charge in [-0.15, -0.1) is 0 Å². The van der Waals surface area contributed by atoms with Gasteiger partial charge in [0.05, 0.1) is 0 Å². The molecule has 0 aliphatic rings. The Kier molecular flexibility index (Phi) is 7.15. The summed E-state index contributed by atoms with van der Waals surface area (Å²) >= 11 is 0. The molecule has 2 aromatic rings. The molecule has 0 aliphatic heterocycles. The van der Waals surface area contributed by atoms with Crippen molar-refractivity contribution in [3.63, 3.8) is 0 Å². The third kappa shape index (κ3) is 6.06. The molecule has 0 saturated heterocycles. The van der Waals surface area contributed by atoms with E-state index >= 15 is 0 Å². The SMILES string of the molecule is NCCn1cccc1-c1ccccc1.O=C(O)/C=C/C(=O)O. The number of carboxylic acid groups (broad SMARTS) is 2. The van der Waals surface area contributed by atoms with Crippen LogP contribution in [0.25, 0.3) is 11.3 Å². The zero-order chi connectivity index (χ0) is 16.4. The molecule has 4 N–H and O–H groups in total. The van der Waals surface area contributed by atoms with Crippen molar-refractivity contribution >= 4 is 11.9 Å². The Bertz CT molecular complexity index is 617. The van der Waals surface area contributed by atoms with E-state index in [0.29, 0.717) is 18.7 Å². The number of benzene rings is 1. The summed E-state index contributed by atoms with van der Waals surface area (Å²) in [6.07, 6.45) is 3.18. The normalized spacial score (nSPS) is 10.0. The third-order valence-corrected chi connectivity index (χ3v) is 2.64. The number of nitrogens with zero attached hydrogens (tertiary/aromatic N) is 1. The van der Waals surface area contributed by atoms with Crippen molar-refractivity contribution in [1.82, 2.24) is 4.57 Å². The maximum Gasteiger partial charge on any atom is 0.328 e. The summed E-state index contributed by atoms with van der Waals surface area (Å²) in [6, 6.07) is 14.5. The highest BCUT2D eigenvalue weighted by atomic mass is 16.4. The van der Waals surface area contributed by atoms with Gasteiger partial charge in [0, 0.05) is 37.1 Å². The van der Waals surface area contributed by atoms with Gasteiger partial charge in [0.25, 0.3) is 0 Å². The summed E-state index contributed by atoms with van der Waals surface area (Å²) in [5.41, 5.74) is 8.02. The predicted molar refractivity (Wildman–Crippen MR) is 83.3 cm³/mol. The van der Waals surface area contributed by atoms with Crippen molar-refractivity contribution in [2.24, 2.45) is 5.73 Å². The summed E-state index contributed by atoms with van der Waals surface area (Å²) in [6.45, 7) is 1.55. The standard InChI is InChI=1S/C12H14N2.C4H4O4/c13-8-10-14-9-4-7-12(14)11-5-2-1-3-6-11;5-3(6)1-2-4(7)8/h1-7,9H,8,10,13H2;1-2H,(H,5,6)(H,7,8)/b;2-1+. The zero-order valence-corrected chi connectivity index (χ0v) is 11.9. The zero-order valence-electron chi connectivity index (χ0n) is 11.9. The monoisotopic (exact) mass is 302 g/mol. The number of rotatable bonds is 5. The summed E-state index contributed by atoms with van der Waals surface area (Å²) < 4.78 is 2.18. The first-order valence-electron chi connectivity index (χ1n) is 6.59. The van der Waals surface area contributed by atoms with Gasteiger partial charge in [0.2, 0.25) is 0 Å². The number of carboxylic acids is 2. The summed E-state index contributed by atoms with van der Waals surface area (Å²) in [4.78, 5) is 19.1. The van der Waals surface area contributed by atoms with Crippen LogP contribution in [0.5, 0.6) is 0 Å². The fourth-order valence-electron chi connectivity index (χ4n) is 1.76. The maximum atomic E-state index is 9.55. The van der Waals surface area contributed by atoms with Gasteiger partial charge >= 0.3 is 11.9 Å². The number of aliphatic carboxylic acids is 2. The molecule has 22 heavy (non-hydrogen) atoms. The lowest BCUT2D eigenvalue weighted by molar-refractivity contribution is -0.134. The molecule has 0 aliphatic carbocycles. The van der Waals surface area contributed by atoms with Crippen LogP contribution in [0, 0.1) is 0 Å². The summed E-state index contributed by atoms with van der Waals surface area (Å²) in [7, 11) is 0. The molecule has 0 radical (unpaired) electrons. The van der Waals surface area contributed by atoms with Gasteiger partial charge in [-0.05, 0) is 17.7 Å². The molecule has 0 unspecified atom stereocenters. The van der Waals surface area contributed by atoms with Crippen LogP contribution in [-0.4, -0.2) is 33.3 Å². The van der Waals surface area contributed by atoms with Gasteiger partial charge < -0.3 is 20.5 Å². The minimum atomic E-state index is -1.26. The molecule has 1 aromatic heterocycles. The highest BCUT2D eigenvalue weighted by Crippen LogP contribution is 2.19. The molecule has 6 nitrogen and oxygen atoms in total. The Morgan fingerprint density at radius 1 is 1.00 bits per heavy atom. The molecular weight excluding hydrogens is 284 g/mol. The van der Waals surface area contributed by atoms with E-state index in [-0.39, 0.29) is 0 Å². The third-order valence-electron chi connectivity index (χ3n) is 2.64. The van der Waals surface area contributed by atoms with Crippen LogP contribution < -0.4 is 5.73 Å². The lowest BCUT2D eigenvalue weighted by atomic mass is 10.1. The minimum Gasteiger partial charge on any atom is -0.478 e. The van der Waals surface area contributed by atoms with Crippen LogP contribution in [0.15, 0.2) is 60.8 Å². The molecule has 0 saturated carbocycles. The van der Waals surface area contributed by atoms with Gasteiger partial charge in [-0.25, -0.2) is 9.59 Å². The molecular formula is C16H18N2O4. The maximum absolute atomic E-state index is 9.55. The number of hydrogen-bond donors (Lipinski definition) is 3. The molecule has 1 aromatic carbocycles. The van der Waals surface area contributed by atoms with Crippen LogP contribution in [0.1, 0.15) is 0 Å². The smallest absolute Gasteiger partial charge is 0.328 e. The van der Waals surface area contributed by atoms with Gasteiger partial charge in [0.1, 0.15) is 0 Å². The van der Waals surface area contributed by atoms with Crippen molar-refractivity contribution < 1.29 is 19.8 Å². The highest BCUT2D eigenvalue weighted by Gasteiger charge is 2.01. The fourth-order valence-corrected chi connectivity index (χ4v) is 1.76. The van der Waals surface area contributed by atoms with Crippen LogP contribution in [-0.2, 0) is 16.1 Å². The molecule has 2 rings (SSSR count). The average molecular weight is 302 g/mol. The van der Waals surface area contributed by atoms with Gasteiger partial charge in [0.15, 0.2) is 0 Å². The van der Waals surface area contributed by atoms with Crippen LogP contribution in [0.2, 0.25) is 0 Å². The van der Waals surface area contributed by atoms with Crippen molar-refractivity contribution in [2.75, 3.05) is 6.54 Å². The summed E-state index contributed by atoms with van der Waals surface area (Å²) in [5, 5.41) is 15.6. The van der Waals surface area contributed by atoms with Crippen LogP contribution >= 0.6 is 0 Å². The largest absolute Gasteiger partial charge is 0.478 e. The van der Waals surface area contributed by atoms with Gasteiger partial charge in [-0.3, -0.25) is 0 Å².